The standard InChI is InChI=1S/C18H26N4O2/c1-5-22-14(4)15(13(3)21-22)11-12-19-18(23)20-16-9-7-8-10-17(16)24-6-2/h7-10H,5-6,11-12H2,1-4H3,(H2,19,20,23). The van der Waals surface area contributed by atoms with Crippen LogP contribution in [-0.4, -0.2) is 29.0 Å². The van der Waals surface area contributed by atoms with E-state index >= 15 is 0 Å². The maximum atomic E-state index is 12.1. The molecule has 6 nitrogen and oxygen atoms in total. The fourth-order valence-corrected chi connectivity index (χ4v) is 2.72. The molecule has 2 N–H and O–H groups in total. The maximum Gasteiger partial charge on any atom is 0.319 e. The molecule has 130 valence electrons. The Morgan fingerprint density at radius 3 is 2.67 bits per heavy atom. The Kier molecular flexibility index (Phi) is 6.23. The lowest BCUT2D eigenvalue weighted by molar-refractivity contribution is 0.252. The number of aromatic nitrogens is 2. The molecule has 0 saturated heterocycles. The highest BCUT2D eigenvalue weighted by Gasteiger charge is 2.11. The molecular weight excluding hydrogens is 304 g/mol. The lowest BCUT2D eigenvalue weighted by atomic mass is 10.1. The second kappa shape index (κ2) is 8.38. The zero-order valence-electron chi connectivity index (χ0n) is 14.8. The summed E-state index contributed by atoms with van der Waals surface area (Å²) < 4.78 is 7.49. The first-order valence-corrected chi connectivity index (χ1v) is 8.36. The highest BCUT2D eigenvalue weighted by molar-refractivity contribution is 5.90. The molecule has 0 aliphatic carbocycles. The van der Waals surface area contributed by atoms with Crippen LogP contribution in [0.3, 0.4) is 0 Å². The van der Waals surface area contributed by atoms with Crippen molar-refractivity contribution in [3.05, 3.63) is 41.2 Å². The number of nitrogens with zero attached hydrogens (tertiary/aromatic N) is 2. The number of carbonyl (C=O) groups is 1. The lowest BCUT2D eigenvalue weighted by Crippen LogP contribution is -2.30. The van der Waals surface area contributed by atoms with Crippen molar-refractivity contribution < 1.29 is 9.53 Å². The van der Waals surface area contributed by atoms with Gasteiger partial charge in [-0.1, -0.05) is 12.1 Å². The van der Waals surface area contributed by atoms with Gasteiger partial charge in [-0.25, -0.2) is 4.79 Å². The van der Waals surface area contributed by atoms with Gasteiger partial charge in [0.1, 0.15) is 5.75 Å². The van der Waals surface area contributed by atoms with Crippen molar-refractivity contribution >= 4 is 11.7 Å². The summed E-state index contributed by atoms with van der Waals surface area (Å²) in [6.07, 6.45) is 0.762. The molecule has 0 spiro atoms. The van der Waals surface area contributed by atoms with Gasteiger partial charge in [-0.05, 0) is 51.8 Å². The van der Waals surface area contributed by atoms with Crippen LogP contribution in [0.25, 0.3) is 0 Å². The van der Waals surface area contributed by atoms with Gasteiger partial charge < -0.3 is 15.4 Å². The molecule has 0 radical (unpaired) electrons. The fourth-order valence-electron chi connectivity index (χ4n) is 2.72. The highest BCUT2D eigenvalue weighted by atomic mass is 16.5. The second-order valence-electron chi connectivity index (χ2n) is 5.53. The number of aryl methyl sites for hydroxylation is 2. The van der Waals surface area contributed by atoms with Gasteiger partial charge in [-0.2, -0.15) is 5.10 Å². The smallest absolute Gasteiger partial charge is 0.319 e. The van der Waals surface area contributed by atoms with Gasteiger partial charge in [0, 0.05) is 18.8 Å². The number of ether oxygens (including phenoxy) is 1. The number of anilines is 1. The summed E-state index contributed by atoms with van der Waals surface area (Å²) in [6.45, 7) is 10.0. The molecule has 1 heterocycles. The van der Waals surface area contributed by atoms with Gasteiger partial charge in [0.25, 0.3) is 0 Å². The fraction of sp³-hybridized carbons (Fsp3) is 0.444. The molecule has 0 saturated carbocycles. The summed E-state index contributed by atoms with van der Waals surface area (Å²) in [5.41, 5.74) is 4.06. The molecule has 2 rings (SSSR count). The van der Waals surface area contributed by atoms with Crippen LogP contribution in [0.5, 0.6) is 5.75 Å². The summed E-state index contributed by atoms with van der Waals surface area (Å²) in [6, 6.07) is 7.17. The van der Waals surface area contributed by atoms with Crippen molar-refractivity contribution in [3.63, 3.8) is 0 Å². The number of hydrogen-bond donors (Lipinski definition) is 2. The molecule has 0 aliphatic heterocycles. The van der Waals surface area contributed by atoms with E-state index in [9.17, 15) is 4.79 Å². The van der Waals surface area contributed by atoms with Crippen molar-refractivity contribution in [1.82, 2.24) is 15.1 Å². The van der Waals surface area contributed by atoms with E-state index in [4.69, 9.17) is 4.74 Å². The first kappa shape index (κ1) is 17.8. The van der Waals surface area contributed by atoms with Crippen LogP contribution in [0.4, 0.5) is 10.5 Å². The van der Waals surface area contributed by atoms with Crippen LogP contribution >= 0.6 is 0 Å². The van der Waals surface area contributed by atoms with Crippen molar-refractivity contribution in [1.29, 1.82) is 0 Å². The Morgan fingerprint density at radius 2 is 2.00 bits per heavy atom. The Balaban J connectivity index is 1.89. The quantitative estimate of drug-likeness (QED) is 0.818. The van der Waals surface area contributed by atoms with Crippen molar-refractivity contribution in [2.24, 2.45) is 0 Å². The summed E-state index contributed by atoms with van der Waals surface area (Å²) in [5, 5.41) is 10.2. The monoisotopic (exact) mass is 330 g/mol. The van der Waals surface area contributed by atoms with Crippen LogP contribution in [0.2, 0.25) is 0 Å². The zero-order valence-corrected chi connectivity index (χ0v) is 14.8. The number of benzene rings is 1. The molecule has 6 heteroatoms. The minimum Gasteiger partial charge on any atom is -0.492 e. The number of carbonyl (C=O) groups excluding carboxylic acids is 1. The molecule has 0 atom stereocenters. The first-order valence-electron chi connectivity index (χ1n) is 8.36. The van der Waals surface area contributed by atoms with E-state index in [0.29, 0.717) is 24.6 Å². The second-order valence-corrected chi connectivity index (χ2v) is 5.53. The SMILES string of the molecule is CCOc1ccccc1NC(=O)NCCc1c(C)nn(CC)c1C. The molecule has 1 aromatic heterocycles. The van der Waals surface area contributed by atoms with Crippen LogP contribution < -0.4 is 15.4 Å². The first-order chi connectivity index (χ1) is 11.6. The molecule has 2 aromatic rings. The highest BCUT2D eigenvalue weighted by Crippen LogP contribution is 2.23. The van der Waals surface area contributed by atoms with Gasteiger partial charge in [0.05, 0.1) is 18.0 Å². The minimum atomic E-state index is -0.236. The van der Waals surface area contributed by atoms with Gasteiger partial charge in [0.15, 0.2) is 0 Å². The van der Waals surface area contributed by atoms with Gasteiger partial charge >= 0.3 is 6.03 Å². The van der Waals surface area contributed by atoms with Crippen LogP contribution in [0.15, 0.2) is 24.3 Å². The minimum absolute atomic E-state index is 0.236. The summed E-state index contributed by atoms with van der Waals surface area (Å²) in [7, 11) is 0. The van der Waals surface area contributed by atoms with E-state index in [-0.39, 0.29) is 6.03 Å². The van der Waals surface area contributed by atoms with E-state index in [2.05, 4.69) is 29.6 Å². The Labute approximate surface area is 143 Å². The Morgan fingerprint density at radius 1 is 1.25 bits per heavy atom. The molecule has 0 fully saturated rings. The molecule has 0 unspecified atom stereocenters. The number of nitrogens with one attached hydrogen (secondary N) is 2. The maximum absolute atomic E-state index is 12.1. The molecule has 2 amide bonds. The molecule has 0 aliphatic rings. The third kappa shape index (κ3) is 4.28. The van der Waals surface area contributed by atoms with Crippen molar-refractivity contribution in [2.75, 3.05) is 18.5 Å². The number of amides is 2. The summed E-state index contributed by atoms with van der Waals surface area (Å²) in [5.74, 6) is 0.672. The average Bonchev–Trinajstić information content (AvgIpc) is 2.84. The molecule has 24 heavy (non-hydrogen) atoms. The lowest BCUT2D eigenvalue weighted by Gasteiger charge is -2.12. The van der Waals surface area contributed by atoms with Gasteiger partial charge in [0.2, 0.25) is 0 Å². The van der Waals surface area contributed by atoms with Gasteiger partial charge in [-0.3, -0.25) is 4.68 Å². The van der Waals surface area contributed by atoms with E-state index in [1.807, 2.05) is 42.8 Å². The normalized spacial score (nSPS) is 10.5. The Hall–Kier alpha value is -2.50. The third-order valence-electron chi connectivity index (χ3n) is 3.93. The Bertz CT molecular complexity index is 694. The van der Waals surface area contributed by atoms with Crippen molar-refractivity contribution in [2.45, 2.75) is 40.7 Å². The van der Waals surface area contributed by atoms with Gasteiger partial charge in [-0.15, -0.1) is 0 Å². The number of urea groups is 1. The van der Waals surface area contributed by atoms with E-state index < -0.39 is 0 Å². The zero-order chi connectivity index (χ0) is 17.5. The largest absolute Gasteiger partial charge is 0.492 e. The molecular formula is C18H26N4O2. The summed E-state index contributed by atoms with van der Waals surface area (Å²) >= 11 is 0. The van der Waals surface area contributed by atoms with Crippen molar-refractivity contribution in [3.8, 4) is 5.75 Å². The molecule has 1 aromatic carbocycles. The average molecular weight is 330 g/mol. The van der Waals surface area contributed by atoms with Crippen LogP contribution in [-0.2, 0) is 13.0 Å². The predicted molar refractivity (Wildman–Crippen MR) is 95.7 cm³/mol. The van der Waals surface area contributed by atoms with Crippen LogP contribution in [0.1, 0.15) is 30.8 Å². The summed E-state index contributed by atoms with van der Waals surface area (Å²) in [4.78, 5) is 12.1. The predicted octanol–water partition coefficient (Wildman–Crippen LogP) is 3.28. The molecule has 0 bridgehead atoms. The van der Waals surface area contributed by atoms with E-state index in [0.717, 1.165) is 18.7 Å². The van der Waals surface area contributed by atoms with E-state index in [1.54, 1.807) is 0 Å². The number of hydrogen-bond acceptors (Lipinski definition) is 3. The topological polar surface area (TPSA) is 68.2 Å². The van der Waals surface area contributed by atoms with Crippen LogP contribution in [0, 0.1) is 13.8 Å². The number of rotatable bonds is 7. The third-order valence-corrected chi connectivity index (χ3v) is 3.93. The number of para-hydroxylation sites is 2. The van der Waals surface area contributed by atoms with E-state index in [1.165, 1.54) is 11.3 Å².